The first kappa shape index (κ1) is 26.2. The van der Waals surface area contributed by atoms with E-state index in [1.54, 1.807) is 0 Å². The molecule has 210 valence electrons. The molecule has 0 atom stereocenters. The van der Waals surface area contributed by atoms with Crippen LogP contribution in [0.15, 0.2) is 164 Å². The van der Waals surface area contributed by atoms with Gasteiger partial charge in [-0.15, -0.1) is 0 Å². The van der Waals surface area contributed by atoms with Crippen LogP contribution in [0.4, 0.5) is 17.1 Å². The molecule has 1 aliphatic carbocycles. The maximum Gasteiger partial charge on any atom is 0.0540 e. The summed E-state index contributed by atoms with van der Waals surface area (Å²) in [7, 11) is 0. The summed E-state index contributed by atoms with van der Waals surface area (Å²) in [6, 6.07) is 59.4. The van der Waals surface area contributed by atoms with Gasteiger partial charge < -0.3 is 4.90 Å². The van der Waals surface area contributed by atoms with Crippen molar-refractivity contribution >= 4 is 27.8 Å². The Kier molecular flexibility index (Phi) is 6.20. The van der Waals surface area contributed by atoms with Crippen molar-refractivity contribution in [3.63, 3.8) is 0 Å². The first-order valence-corrected chi connectivity index (χ1v) is 15.4. The van der Waals surface area contributed by atoms with Crippen LogP contribution in [0.1, 0.15) is 25.0 Å². The van der Waals surface area contributed by atoms with Crippen LogP contribution < -0.4 is 4.90 Å². The molecule has 7 aromatic carbocycles. The van der Waals surface area contributed by atoms with Gasteiger partial charge in [-0.25, -0.2) is 0 Å². The Hall–Kier alpha value is -5.40. The first-order chi connectivity index (χ1) is 21.6. The van der Waals surface area contributed by atoms with Gasteiger partial charge in [0.1, 0.15) is 0 Å². The van der Waals surface area contributed by atoms with E-state index in [2.05, 4.69) is 183 Å². The lowest BCUT2D eigenvalue weighted by Crippen LogP contribution is -2.16. The number of hydrogen-bond donors (Lipinski definition) is 0. The number of para-hydroxylation sites is 2. The fraction of sp³-hybridized carbons (Fsp3) is 0.0698. The minimum absolute atomic E-state index is 0.127. The molecule has 0 amide bonds. The molecule has 0 saturated carbocycles. The van der Waals surface area contributed by atoms with Crippen LogP contribution in [0.3, 0.4) is 0 Å². The van der Waals surface area contributed by atoms with E-state index in [0.29, 0.717) is 0 Å². The third-order valence-electron chi connectivity index (χ3n) is 9.22. The maximum absolute atomic E-state index is 2.44. The number of fused-ring (bicyclic) bond motifs is 5. The Bertz CT molecular complexity index is 2130. The van der Waals surface area contributed by atoms with Crippen molar-refractivity contribution in [2.45, 2.75) is 19.3 Å². The summed E-state index contributed by atoms with van der Waals surface area (Å²) in [5, 5.41) is 2.64. The lowest BCUT2D eigenvalue weighted by molar-refractivity contribution is 0.666. The third-order valence-corrected chi connectivity index (χ3v) is 9.22. The highest BCUT2D eigenvalue weighted by Gasteiger charge is 2.38. The first-order valence-electron chi connectivity index (χ1n) is 15.4. The minimum atomic E-state index is -0.127. The molecule has 0 heterocycles. The van der Waals surface area contributed by atoms with Gasteiger partial charge in [-0.05, 0) is 86.1 Å². The van der Waals surface area contributed by atoms with Crippen molar-refractivity contribution in [3.8, 4) is 33.4 Å². The van der Waals surface area contributed by atoms with Gasteiger partial charge in [0.05, 0.1) is 5.69 Å². The summed E-state index contributed by atoms with van der Waals surface area (Å²) in [4.78, 5) is 2.41. The standard InChI is InChI=1S/C43H33N/c1-43(2)40-27-26-33(44(32-20-10-5-11-21-32)41-25-15-14-22-34(41)30-16-6-3-7-17-30)28-38(40)39-29-37(31-18-8-4-9-19-31)35-23-12-13-24-36(35)42(39)43/h3-29H,1-2H3. The zero-order valence-electron chi connectivity index (χ0n) is 25.0. The molecule has 0 aliphatic heterocycles. The summed E-state index contributed by atoms with van der Waals surface area (Å²) in [5.41, 5.74) is 13.7. The minimum Gasteiger partial charge on any atom is -0.310 e. The molecule has 1 aliphatic rings. The molecule has 0 bridgehead atoms. The van der Waals surface area contributed by atoms with Gasteiger partial charge in [-0.3, -0.25) is 0 Å². The molecule has 0 radical (unpaired) electrons. The van der Waals surface area contributed by atoms with Gasteiger partial charge in [0.25, 0.3) is 0 Å². The van der Waals surface area contributed by atoms with Gasteiger partial charge in [-0.2, -0.15) is 0 Å². The molecule has 0 fully saturated rings. The molecule has 0 spiro atoms. The monoisotopic (exact) mass is 563 g/mol. The Labute approximate surface area is 259 Å². The van der Waals surface area contributed by atoms with Gasteiger partial charge >= 0.3 is 0 Å². The molecule has 7 aromatic rings. The summed E-state index contributed by atoms with van der Waals surface area (Å²) in [6.07, 6.45) is 0. The Balaban J connectivity index is 1.38. The van der Waals surface area contributed by atoms with Crippen molar-refractivity contribution in [1.29, 1.82) is 0 Å². The summed E-state index contributed by atoms with van der Waals surface area (Å²) >= 11 is 0. The highest BCUT2D eigenvalue weighted by Crippen LogP contribution is 2.54. The number of anilines is 3. The molecule has 0 saturated heterocycles. The second-order valence-corrected chi connectivity index (χ2v) is 12.2. The smallest absolute Gasteiger partial charge is 0.0540 e. The SMILES string of the molecule is CC1(C)c2ccc(N(c3ccccc3)c3ccccc3-c3ccccc3)cc2-c2cc(-c3ccccc3)c3ccccc3c21. The van der Waals surface area contributed by atoms with E-state index in [1.165, 1.54) is 55.3 Å². The topological polar surface area (TPSA) is 3.24 Å². The largest absolute Gasteiger partial charge is 0.310 e. The maximum atomic E-state index is 2.44. The average Bonchev–Trinajstić information content (AvgIpc) is 3.31. The average molecular weight is 564 g/mol. The molecule has 0 aromatic heterocycles. The lowest BCUT2D eigenvalue weighted by atomic mass is 9.79. The normalized spacial score (nSPS) is 13.0. The van der Waals surface area contributed by atoms with E-state index in [9.17, 15) is 0 Å². The predicted molar refractivity (Wildman–Crippen MR) is 187 cm³/mol. The van der Waals surface area contributed by atoms with E-state index in [4.69, 9.17) is 0 Å². The summed E-state index contributed by atoms with van der Waals surface area (Å²) in [6.45, 7) is 4.76. The summed E-state index contributed by atoms with van der Waals surface area (Å²) in [5.74, 6) is 0. The van der Waals surface area contributed by atoms with E-state index in [-0.39, 0.29) is 5.41 Å². The number of hydrogen-bond acceptors (Lipinski definition) is 1. The van der Waals surface area contributed by atoms with Crippen LogP contribution in [0.5, 0.6) is 0 Å². The van der Waals surface area contributed by atoms with Crippen molar-refractivity contribution < 1.29 is 0 Å². The third kappa shape index (κ3) is 4.16. The number of benzene rings is 7. The zero-order chi connectivity index (χ0) is 29.7. The van der Waals surface area contributed by atoms with E-state index in [0.717, 1.165) is 17.1 Å². The number of rotatable bonds is 5. The van der Waals surface area contributed by atoms with Crippen LogP contribution in [-0.2, 0) is 5.41 Å². The Morgan fingerprint density at radius 2 is 0.977 bits per heavy atom. The van der Waals surface area contributed by atoms with Crippen molar-refractivity contribution in [2.24, 2.45) is 0 Å². The van der Waals surface area contributed by atoms with Crippen LogP contribution in [0.25, 0.3) is 44.2 Å². The lowest BCUT2D eigenvalue weighted by Gasteiger charge is -2.29. The molecule has 8 rings (SSSR count). The second kappa shape index (κ2) is 10.4. The number of nitrogens with zero attached hydrogens (tertiary/aromatic N) is 1. The molecular formula is C43H33N. The molecule has 0 N–H and O–H groups in total. The van der Waals surface area contributed by atoms with Crippen molar-refractivity contribution in [3.05, 3.63) is 175 Å². The molecular weight excluding hydrogens is 530 g/mol. The van der Waals surface area contributed by atoms with Gasteiger partial charge in [-0.1, -0.05) is 141 Å². The Morgan fingerprint density at radius 3 is 1.68 bits per heavy atom. The fourth-order valence-corrected chi connectivity index (χ4v) is 7.23. The van der Waals surface area contributed by atoms with Crippen molar-refractivity contribution in [1.82, 2.24) is 0 Å². The second-order valence-electron chi connectivity index (χ2n) is 12.2. The van der Waals surface area contributed by atoms with Crippen LogP contribution in [0, 0.1) is 0 Å². The van der Waals surface area contributed by atoms with E-state index >= 15 is 0 Å². The Morgan fingerprint density at radius 1 is 0.409 bits per heavy atom. The highest BCUT2D eigenvalue weighted by atomic mass is 15.1. The molecule has 44 heavy (non-hydrogen) atoms. The van der Waals surface area contributed by atoms with Crippen LogP contribution in [0.2, 0.25) is 0 Å². The quantitative estimate of drug-likeness (QED) is 0.201. The molecule has 1 nitrogen and oxygen atoms in total. The van der Waals surface area contributed by atoms with Gasteiger partial charge in [0.2, 0.25) is 0 Å². The van der Waals surface area contributed by atoms with Gasteiger partial charge in [0, 0.05) is 22.4 Å². The fourth-order valence-electron chi connectivity index (χ4n) is 7.23. The van der Waals surface area contributed by atoms with E-state index in [1.807, 2.05) is 0 Å². The predicted octanol–water partition coefficient (Wildman–Crippen LogP) is 11.9. The van der Waals surface area contributed by atoms with Crippen LogP contribution >= 0.6 is 0 Å². The highest BCUT2D eigenvalue weighted by molar-refractivity contribution is 6.06. The van der Waals surface area contributed by atoms with Crippen molar-refractivity contribution in [2.75, 3.05) is 4.90 Å². The van der Waals surface area contributed by atoms with Gasteiger partial charge in [0.15, 0.2) is 0 Å². The zero-order valence-corrected chi connectivity index (χ0v) is 25.0. The molecule has 0 unspecified atom stereocenters. The molecule has 1 heteroatoms. The summed E-state index contributed by atoms with van der Waals surface area (Å²) < 4.78 is 0. The van der Waals surface area contributed by atoms with Crippen LogP contribution in [-0.4, -0.2) is 0 Å². The van der Waals surface area contributed by atoms with E-state index < -0.39 is 0 Å².